The van der Waals surface area contributed by atoms with E-state index in [-0.39, 0.29) is 0 Å². The fourth-order valence-corrected chi connectivity index (χ4v) is 2.89. The third-order valence-corrected chi connectivity index (χ3v) is 3.78. The lowest BCUT2D eigenvalue weighted by Gasteiger charge is -2.11. The van der Waals surface area contributed by atoms with E-state index < -0.39 is 0 Å². The van der Waals surface area contributed by atoms with Gasteiger partial charge < -0.3 is 5.32 Å². The second-order valence-electron chi connectivity index (χ2n) is 4.84. The third-order valence-electron chi connectivity index (χ3n) is 3.57. The molecule has 3 rings (SSSR count). The first-order valence-electron chi connectivity index (χ1n) is 6.03. The minimum atomic E-state index is 0.600. The Morgan fingerprint density at radius 2 is 2.35 bits per heavy atom. The lowest BCUT2D eigenvalue weighted by molar-refractivity contribution is 0.657. The van der Waals surface area contributed by atoms with E-state index in [0.717, 1.165) is 12.1 Å². The molecule has 0 amide bonds. The van der Waals surface area contributed by atoms with Crippen LogP contribution in [0.25, 0.3) is 0 Å². The number of allylic oxidation sites excluding steroid dienone is 1. The van der Waals surface area contributed by atoms with E-state index in [1.54, 1.807) is 0 Å². The summed E-state index contributed by atoms with van der Waals surface area (Å²) in [5, 5.41) is 7.91. The van der Waals surface area contributed by atoms with Crippen LogP contribution in [0.1, 0.15) is 35.4 Å². The Balaban J connectivity index is 1.79. The molecule has 1 aliphatic heterocycles. The number of hydrogen-bond donors (Lipinski definition) is 1. The molecular weight excluding hydrogens is 228 g/mol. The molecule has 0 saturated heterocycles. The van der Waals surface area contributed by atoms with Crippen molar-refractivity contribution >= 4 is 17.3 Å². The highest BCUT2D eigenvalue weighted by molar-refractivity contribution is 7.80. The molecule has 1 N–H and O–H groups in total. The van der Waals surface area contributed by atoms with Gasteiger partial charge in [-0.3, -0.25) is 0 Å². The topological polar surface area (TPSA) is 26.1 Å². The fourth-order valence-electron chi connectivity index (χ4n) is 2.72. The van der Waals surface area contributed by atoms with Crippen molar-refractivity contribution in [2.75, 3.05) is 0 Å². The normalized spacial score (nSPS) is 21.8. The van der Waals surface area contributed by atoms with Gasteiger partial charge >= 0.3 is 0 Å². The molecule has 0 aromatic heterocycles. The molecule has 1 aromatic rings. The van der Waals surface area contributed by atoms with Crippen molar-refractivity contribution in [3.63, 3.8) is 0 Å². The van der Waals surface area contributed by atoms with Crippen molar-refractivity contribution in [1.82, 2.24) is 10.6 Å². The van der Waals surface area contributed by atoms with Crippen LogP contribution < -0.4 is 10.6 Å². The standard InChI is InChI=1S/C14H15N2S/c1-9-2-3-10-4-5-11(13(10)6-9)7-12-8-15-14(17)16-12/h2-3,6,8,11H,4-5,7H2,1H3,(H,15,17). The minimum Gasteiger partial charge on any atom is -0.336 e. The Bertz CT molecular complexity index is 505. The maximum Gasteiger partial charge on any atom is 0.197 e. The molecule has 1 radical (unpaired) electrons. The fraction of sp³-hybridized carbons (Fsp3) is 0.357. The zero-order valence-corrected chi connectivity index (χ0v) is 10.7. The molecule has 0 bridgehead atoms. The van der Waals surface area contributed by atoms with E-state index in [1.807, 2.05) is 6.20 Å². The van der Waals surface area contributed by atoms with E-state index in [9.17, 15) is 0 Å². The Labute approximate surface area is 107 Å². The summed E-state index contributed by atoms with van der Waals surface area (Å²) in [5.41, 5.74) is 5.46. The predicted octanol–water partition coefficient (Wildman–Crippen LogP) is 2.75. The first-order valence-corrected chi connectivity index (χ1v) is 6.44. The van der Waals surface area contributed by atoms with Crippen molar-refractivity contribution in [2.45, 2.75) is 32.1 Å². The highest BCUT2D eigenvalue weighted by Crippen LogP contribution is 2.37. The number of thiocarbonyl (C=S) groups is 1. The molecule has 3 heteroatoms. The SMILES string of the molecule is Cc1ccc2c(c1)C(CC1=CNC(=S)[N]1)CC2. The molecule has 1 atom stereocenters. The molecule has 1 heterocycles. The van der Waals surface area contributed by atoms with Crippen LogP contribution in [-0.2, 0) is 6.42 Å². The molecule has 17 heavy (non-hydrogen) atoms. The van der Waals surface area contributed by atoms with Crippen LogP contribution in [0.5, 0.6) is 0 Å². The number of rotatable bonds is 2. The number of nitrogens with zero attached hydrogens (tertiary/aromatic N) is 1. The Morgan fingerprint density at radius 3 is 3.12 bits per heavy atom. The molecule has 1 aliphatic carbocycles. The summed E-state index contributed by atoms with van der Waals surface area (Å²) in [5.74, 6) is 0.614. The molecule has 1 unspecified atom stereocenters. The lowest BCUT2D eigenvalue weighted by atomic mass is 9.95. The summed E-state index contributed by atoms with van der Waals surface area (Å²) in [6.07, 6.45) is 5.38. The van der Waals surface area contributed by atoms with Gasteiger partial charge in [0.1, 0.15) is 0 Å². The first-order chi connectivity index (χ1) is 8.22. The van der Waals surface area contributed by atoms with Gasteiger partial charge in [-0.05, 0) is 55.4 Å². The van der Waals surface area contributed by atoms with Crippen LogP contribution in [0.3, 0.4) is 0 Å². The molecule has 2 nitrogen and oxygen atoms in total. The second kappa shape index (κ2) is 4.15. The average Bonchev–Trinajstić information content (AvgIpc) is 2.87. The molecule has 0 spiro atoms. The van der Waals surface area contributed by atoms with E-state index in [2.05, 4.69) is 35.8 Å². The summed E-state index contributed by atoms with van der Waals surface area (Å²) in [4.78, 5) is 0. The Morgan fingerprint density at radius 1 is 1.47 bits per heavy atom. The van der Waals surface area contributed by atoms with Gasteiger partial charge in [0.2, 0.25) is 0 Å². The lowest BCUT2D eigenvalue weighted by Crippen LogP contribution is -2.16. The molecule has 0 fully saturated rings. The first kappa shape index (κ1) is 10.8. The summed E-state index contributed by atoms with van der Waals surface area (Å²) in [7, 11) is 0. The highest BCUT2D eigenvalue weighted by Gasteiger charge is 2.25. The van der Waals surface area contributed by atoms with E-state index in [1.165, 1.54) is 29.5 Å². The number of fused-ring (bicyclic) bond motifs is 1. The number of hydrogen-bond acceptors (Lipinski definition) is 1. The van der Waals surface area contributed by atoms with E-state index >= 15 is 0 Å². The monoisotopic (exact) mass is 243 g/mol. The molecule has 2 aliphatic rings. The van der Waals surface area contributed by atoms with Crippen molar-refractivity contribution < 1.29 is 0 Å². The number of nitrogens with one attached hydrogen (secondary N) is 1. The highest BCUT2D eigenvalue weighted by atomic mass is 32.1. The van der Waals surface area contributed by atoms with Crippen molar-refractivity contribution in [3.05, 3.63) is 46.8 Å². The van der Waals surface area contributed by atoms with Crippen LogP contribution in [0.15, 0.2) is 30.1 Å². The van der Waals surface area contributed by atoms with Crippen molar-refractivity contribution in [1.29, 1.82) is 0 Å². The van der Waals surface area contributed by atoms with Crippen molar-refractivity contribution in [2.24, 2.45) is 0 Å². The van der Waals surface area contributed by atoms with Gasteiger partial charge in [0, 0.05) is 6.20 Å². The van der Waals surface area contributed by atoms with Crippen LogP contribution in [0.4, 0.5) is 0 Å². The van der Waals surface area contributed by atoms with Gasteiger partial charge in [0.15, 0.2) is 5.11 Å². The smallest absolute Gasteiger partial charge is 0.197 e. The van der Waals surface area contributed by atoms with Gasteiger partial charge in [0.25, 0.3) is 0 Å². The molecular formula is C14H15N2S. The second-order valence-corrected chi connectivity index (χ2v) is 5.23. The number of aryl methyl sites for hydroxylation is 2. The van der Waals surface area contributed by atoms with Gasteiger partial charge in [-0.25, -0.2) is 5.32 Å². The molecule has 87 valence electrons. The Hall–Kier alpha value is -1.35. The maximum absolute atomic E-state index is 5.01. The predicted molar refractivity (Wildman–Crippen MR) is 72.8 cm³/mol. The van der Waals surface area contributed by atoms with Crippen LogP contribution >= 0.6 is 12.2 Å². The average molecular weight is 243 g/mol. The summed E-state index contributed by atoms with van der Waals surface area (Å²) >= 11 is 5.01. The quantitative estimate of drug-likeness (QED) is 0.808. The van der Waals surface area contributed by atoms with Crippen molar-refractivity contribution in [3.8, 4) is 0 Å². The maximum atomic E-state index is 5.01. The summed E-state index contributed by atoms with van der Waals surface area (Å²) in [6.45, 7) is 2.16. The largest absolute Gasteiger partial charge is 0.336 e. The van der Waals surface area contributed by atoms with Crippen LogP contribution in [0.2, 0.25) is 0 Å². The van der Waals surface area contributed by atoms with Gasteiger partial charge in [0.05, 0.1) is 5.70 Å². The third kappa shape index (κ3) is 2.07. The van der Waals surface area contributed by atoms with Gasteiger partial charge in [-0.1, -0.05) is 23.8 Å². The molecule has 0 saturated carbocycles. The van der Waals surface area contributed by atoms with E-state index in [4.69, 9.17) is 12.2 Å². The summed E-state index contributed by atoms with van der Waals surface area (Å²) < 4.78 is 0. The van der Waals surface area contributed by atoms with Gasteiger partial charge in [-0.15, -0.1) is 0 Å². The van der Waals surface area contributed by atoms with Crippen LogP contribution in [-0.4, -0.2) is 5.11 Å². The minimum absolute atomic E-state index is 0.600. The zero-order valence-electron chi connectivity index (χ0n) is 9.86. The number of benzene rings is 1. The van der Waals surface area contributed by atoms with Crippen LogP contribution in [0, 0.1) is 6.92 Å². The summed E-state index contributed by atoms with van der Waals surface area (Å²) in [6, 6.07) is 6.80. The molecule has 1 aromatic carbocycles. The van der Waals surface area contributed by atoms with Gasteiger partial charge in [-0.2, -0.15) is 0 Å². The Kier molecular flexibility index (Phi) is 2.63. The zero-order chi connectivity index (χ0) is 11.8. The van der Waals surface area contributed by atoms with E-state index in [0.29, 0.717) is 11.0 Å².